The molecule has 1 heteroatoms. The van der Waals surface area contributed by atoms with Gasteiger partial charge >= 0.3 is 0 Å². The maximum absolute atomic E-state index is 2.47. The molecule has 286 valence electrons. The highest BCUT2D eigenvalue weighted by atomic mass is 15.1. The van der Waals surface area contributed by atoms with Gasteiger partial charge in [0.25, 0.3) is 0 Å². The maximum Gasteiger partial charge on any atom is 0.0465 e. The summed E-state index contributed by atoms with van der Waals surface area (Å²) in [6.07, 6.45) is 1.70. The highest BCUT2D eigenvalue weighted by molar-refractivity contribution is 5.87. The van der Waals surface area contributed by atoms with Crippen LogP contribution in [0.1, 0.15) is 47.2 Å². The SMILES string of the molecule is CC1(C)c2ccccc2-c2ccc(N(c3ccc(-c4ccc(-c5ccccc5)cc4)cc3)c3ccc4c(c3)Cc3ccccc3-c3ccccc3Cc3ccccc3-4)cc21. The van der Waals surface area contributed by atoms with Crippen LogP contribution in [0.15, 0.2) is 212 Å². The first kappa shape index (κ1) is 35.9. The van der Waals surface area contributed by atoms with Gasteiger partial charge in [0.05, 0.1) is 0 Å². The van der Waals surface area contributed by atoms with E-state index in [1.807, 2.05) is 0 Å². The lowest BCUT2D eigenvalue weighted by Gasteiger charge is -2.29. The van der Waals surface area contributed by atoms with Crippen molar-refractivity contribution in [3.63, 3.8) is 0 Å². The molecule has 1 nitrogen and oxygen atoms in total. The summed E-state index contributed by atoms with van der Waals surface area (Å²) in [6.45, 7) is 4.74. The second-order valence-electron chi connectivity index (χ2n) is 16.9. The van der Waals surface area contributed by atoms with Crippen molar-refractivity contribution in [1.29, 1.82) is 0 Å². The number of anilines is 3. The highest BCUT2D eigenvalue weighted by Gasteiger charge is 2.36. The zero-order valence-corrected chi connectivity index (χ0v) is 34.1. The summed E-state index contributed by atoms with van der Waals surface area (Å²) in [5.41, 5.74) is 24.2. The number of fused-ring (bicyclic) bond motifs is 9. The zero-order valence-electron chi connectivity index (χ0n) is 34.1. The van der Waals surface area contributed by atoms with E-state index in [4.69, 9.17) is 0 Å². The molecule has 0 amide bonds. The van der Waals surface area contributed by atoms with Crippen molar-refractivity contribution in [2.75, 3.05) is 4.90 Å². The van der Waals surface area contributed by atoms with Crippen LogP contribution in [-0.2, 0) is 18.3 Å². The molecule has 0 saturated heterocycles. The van der Waals surface area contributed by atoms with Crippen LogP contribution in [0.2, 0.25) is 0 Å². The van der Waals surface area contributed by atoms with Gasteiger partial charge < -0.3 is 4.90 Å². The Morgan fingerprint density at radius 2 is 0.683 bits per heavy atom. The van der Waals surface area contributed by atoms with Gasteiger partial charge in [0.1, 0.15) is 0 Å². The summed E-state index contributed by atoms with van der Waals surface area (Å²) < 4.78 is 0. The summed E-state index contributed by atoms with van der Waals surface area (Å²) >= 11 is 0. The highest BCUT2D eigenvalue weighted by Crippen LogP contribution is 2.51. The third kappa shape index (κ3) is 6.17. The lowest BCUT2D eigenvalue weighted by atomic mass is 9.82. The molecule has 9 aromatic rings. The van der Waals surface area contributed by atoms with Gasteiger partial charge in [-0.25, -0.2) is 0 Å². The number of nitrogens with zero attached hydrogens (tertiary/aromatic N) is 1. The topological polar surface area (TPSA) is 3.24 Å². The minimum Gasteiger partial charge on any atom is -0.310 e. The van der Waals surface area contributed by atoms with Gasteiger partial charge in [-0.3, -0.25) is 0 Å². The monoisotopic (exact) mass is 767 g/mol. The van der Waals surface area contributed by atoms with E-state index in [0.29, 0.717) is 0 Å². The molecule has 0 saturated carbocycles. The average molecular weight is 768 g/mol. The molecule has 11 rings (SSSR count). The molecule has 0 aromatic heterocycles. The maximum atomic E-state index is 2.47. The Bertz CT molecular complexity index is 3040. The van der Waals surface area contributed by atoms with E-state index in [2.05, 4.69) is 231 Å². The Labute approximate surface area is 353 Å². The molecule has 0 radical (unpaired) electrons. The minimum absolute atomic E-state index is 0.115. The number of hydrogen-bond acceptors (Lipinski definition) is 1. The van der Waals surface area contributed by atoms with Crippen molar-refractivity contribution in [2.24, 2.45) is 0 Å². The molecule has 0 fully saturated rings. The minimum atomic E-state index is -0.115. The molecule has 0 aliphatic heterocycles. The Morgan fingerprint density at radius 3 is 1.27 bits per heavy atom. The van der Waals surface area contributed by atoms with Gasteiger partial charge in [-0.05, 0) is 138 Å². The van der Waals surface area contributed by atoms with Gasteiger partial charge in [-0.1, -0.05) is 190 Å². The van der Waals surface area contributed by atoms with Crippen molar-refractivity contribution >= 4 is 17.1 Å². The average Bonchev–Trinajstić information content (AvgIpc) is 3.53. The van der Waals surface area contributed by atoms with E-state index < -0.39 is 0 Å². The Balaban J connectivity index is 1.06. The standard InChI is InChI=1S/C59H45N/c1-59(2)57-23-13-12-22-55(57)56-35-33-50(39-58(56)59)60(48-30-28-43(29-31-48)42-26-24-41(25-27-42)40-14-4-3-5-15-40)49-32-34-54-47(38-49)37-46-18-8-10-20-52(46)51-19-9-6-16-44(51)36-45-17-7-11-21-53(45)54/h3-35,38-39H,36-37H2,1-2H3. The third-order valence-electron chi connectivity index (χ3n) is 13.0. The molecule has 9 aromatic carbocycles. The van der Waals surface area contributed by atoms with Gasteiger partial charge in [0, 0.05) is 22.5 Å². The van der Waals surface area contributed by atoms with E-state index in [1.165, 1.54) is 89.0 Å². The zero-order chi connectivity index (χ0) is 40.2. The van der Waals surface area contributed by atoms with Gasteiger partial charge in [-0.2, -0.15) is 0 Å². The van der Waals surface area contributed by atoms with E-state index >= 15 is 0 Å². The summed E-state index contributed by atoms with van der Waals surface area (Å²) in [5, 5.41) is 0. The fourth-order valence-electron chi connectivity index (χ4n) is 9.92. The van der Waals surface area contributed by atoms with Crippen molar-refractivity contribution in [1.82, 2.24) is 0 Å². The fraction of sp³-hybridized carbons (Fsp3) is 0.0847. The van der Waals surface area contributed by atoms with Crippen LogP contribution in [0.4, 0.5) is 17.1 Å². The predicted molar refractivity (Wildman–Crippen MR) is 252 cm³/mol. The van der Waals surface area contributed by atoms with Crippen LogP contribution in [0.5, 0.6) is 0 Å². The first-order valence-corrected chi connectivity index (χ1v) is 21.2. The number of rotatable bonds is 5. The molecule has 2 aliphatic carbocycles. The van der Waals surface area contributed by atoms with E-state index in [-0.39, 0.29) is 5.41 Å². The van der Waals surface area contributed by atoms with Crippen LogP contribution in [0, 0.1) is 0 Å². The summed E-state index contributed by atoms with van der Waals surface area (Å²) in [4.78, 5) is 2.47. The molecule has 0 spiro atoms. The van der Waals surface area contributed by atoms with E-state index in [1.54, 1.807) is 0 Å². The smallest absolute Gasteiger partial charge is 0.0465 e. The summed E-state index contributed by atoms with van der Waals surface area (Å²) in [5.74, 6) is 0. The number of benzene rings is 9. The molecular weight excluding hydrogens is 723 g/mol. The molecule has 0 N–H and O–H groups in total. The van der Waals surface area contributed by atoms with Crippen LogP contribution < -0.4 is 4.90 Å². The largest absolute Gasteiger partial charge is 0.310 e. The molecule has 0 bridgehead atoms. The molecule has 2 aliphatic rings. The first-order valence-electron chi connectivity index (χ1n) is 21.2. The van der Waals surface area contributed by atoms with Crippen molar-refractivity contribution in [3.8, 4) is 55.6 Å². The van der Waals surface area contributed by atoms with E-state index in [0.717, 1.165) is 29.9 Å². The second-order valence-corrected chi connectivity index (χ2v) is 16.9. The van der Waals surface area contributed by atoms with Crippen LogP contribution in [-0.4, -0.2) is 0 Å². The molecule has 60 heavy (non-hydrogen) atoms. The van der Waals surface area contributed by atoms with Crippen LogP contribution >= 0.6 is 0 Å². The Hall–Kier alpha value is -7.22. The normalized spacial score (nSPS) is 13.2. The summed E-state index contributed by atoms with van der Waals surface area (Å²) in [6, 6.07) is 78.8. The predicted octanol–water partition coefficient (Wildman–Crippen LogP) is 15.6. The van der Waals surface area contributed by atoms with E-state index in [9.17, 15) is 0 Å². The van der Waals surface area contributed by atoms with Gasteiger partial charge in [0.2, 0.25) is 0 Å². The van der Waals surface area contributed by atoms with Crippen molar-refractivity contribution in [2.45, 2.75) is 32.1 Å². The molecule has 0 atom stereocenters. The molecule has 0 heterocycles. The Morgan fingerprint density at radius 1 is 0.300 bits per heavy atom. The van der Waals surface area contributed by atoms with Gasteiger partial charge in [-0.15, -0.1) is 0 Å². The Kier molecular flexibility index (Phi) is 8.71. The van der Waals surface area contributed by atoms with Crippen LogP contribution in [0.25, 0.3) is 55.6 Å². The van der Waals surface area contributed by atoms with Gasteiger partial charge in [0.15, 0.2) is 0 Å². The second kappa shape index (κ2) is 14.6. The third-order valence-corrected chi connectivity index (χ3v) is 13.0. The molecular formula is C59H45N. The summed E-state index contributed by atoms with van der Waals surface area (Å²) in [7, 11) is 0. The number of hydrogen-bond donors (Lipinski definition) is 0. The van der Waals surface area contributed by atoms with Crippen LogP contribution in [0.3, 0.4) is 0 Å². The lowest BCUT2D eigenvalue weighted by molar-refractivity contribution is 0.660. The van der Waals surface area contributed by atoms with Crippen molar-refractivity contribution in [3.05, 3.63) is 246 Å². The fourth-order valence-corrected chi connectivity index (χ4v) is 9.92. The molecule has 0 unspecified atom stereocenters. The lowest BCUT2D eigenvalue weighted by Crippen LogP contribution is -2.16. The first-order chi connectivity index (χ1) is 29.5. The quantitative estimate of drug-likeness (QED) is 0.169. The van der Waals surface area contributed by atoms with Crippen molar-refractivity contribution < 1.29 is 0 Å².